The topological polar surface area (TPSA) is 46.1 Å². The fourth-order valence-corrected chi connectivity index (χ4v) is 3.12. The third-order valence-corrected chi connectivity index (χ3v) is 4.64. The summed E-state index contributed by atoms with van der Waals surface area (Å²) in [6, 6.07) is 2.05. The van der Waals surface area contributed by atoms with E-state index in [2.05, 4.69) is 11.9 Å². The van der Waals surface area contributed by atoms with Crippen molar-refractivity contribution in [2.45, 2.75) is 65.2 Å². The van der Waals surface area contributed by atoms with Crippen LogP contribution in [0.25, 0.3) is 0 Å². The minimum atomic E-state index is 0.214. The monoisotopic (exact) mass is 303 g/mol. The summed E-state index contributed by atoms with van der Waals surface area (Å²) in [6.45, 7) is 5.73. The number of hydrogen-bond acceptors (Lipinski definition) is 3. The first kappa shape index (κ1) is 16.9. The predicted molar refractivity (Wildman–Crippen MR) is 88.6 cm³/mol. The van der Waals surface area contributed by atoms with Gasteiger partial charge in [-0.3, -0.25) is 4.79 Å². The summed E-state index contributed by atoms with van der Waals surface area (Å²) in [7, 11) is 0. The molecular formula is C18H29N3O. The lowest BCUT2D eigenvalue weighted by molar-refractivity contribution is -0.130. The number of carbonyl (C=O) groups excluding carboxylic acids is 1. The van der Waals surface area contributed by atoms with E-state index in [0.29, 0.717) is 0 Å². The van der Waals surface area contributed by atoms with Gasteiger partial charge in [0.15, 0.2) is 0 Å². The van der Waals surface area contributed by atoms with Crippen LogP contribution in [0.15, 0.2) is 12.3 Å². The molecule has 0 atom stereocenters. The molecule has 1 aliphatic heterocycles. The van der Waals surface area contributed by atoms with Gasteiger partial charge in [-0.1, -0.05) is 19.8 Å². The first-order valence-corrected chi connectivity index (χ1v) is 8.75. The molecule has 1 saturated heterocycles. The van der Waals surface area contributed by atoms with E-state index in [-0.39, 0.29) is 5.91 Å². The number of likely N-dealkylation sites (tertiary alicyclic amines) is 1. The molecule has 1 amide bonds. The highest BCUT2D eigenvalue weighted by atomic mass is 16.2. The number of hydrogen-bond donors (Lipinski definition) is 0. The molecule has 0 spiro atoms. The SMILES string of the molecule is CCCCCc1nccc(CCC2CCN(C(C)=O)CC2)n1. The zero-order valence-electron chi connectivity index (χ0n) is 14.1. The maximum atomic E-state index is 11.3. The summed E-state index contributed by atoms with van der Waals surface area (Å²) in [6.07, 6.45) is 11.1. The number of aryl methyl sites for hydroxylation is 2. The molecule has 0 unspecified atom stereocenters. The second kappa shape index (κ2) is 8.86. The highest BCUT2D eigenvalue weighted by Gasteiger charge is 2.20. The lowest BCUT2D eigenvalue weighted by Gasteiger charge is -2.31. The maximum Gasteiger partial charge on any atom is 0.219 e. The molecule has 1 fully saturated rings. The normalized spacial score (nSPS) is 16.0. The Morgan fingerprint density at radius 3 is 2.73 bits per heavy atom. The average molecular weight is 303 g/mol. The molecule has 4 heteroatoms. The number of unbranched alkanes of at least 4 members (excludes halogenated alkanes) is 2. The van der Waals surface area contributed by atoms with Crippen molar-refractivity contribution >= 4 is 5.91 Å². The highest BCUT2D eigenvalue weighted by Crippen LogP contribution is 2.22. The van der Waals surface area contributed by atoms with E-state index in [0.717, 1.165) is 50.5 Å². The van der Waals surface area contributed by atoms with Crippen molar-refractivity contribution in [2.24, 2.45) is 5.92 Å². The first-order valence-electron chi connectivity index (χ1n) is 8.75. The van der Waals surface area contributed by atoms with Crippen LogP contribution >= 0.6 is 0 Å². The zero-order valence-corrected chi connectivity index (χ0v) is 14.1. The van der Waals surface area contributed by atoms with Gasteiger partial charge >= 0.3 is 0 Å². The Balaban J connectivity index is 1.75. The van der Waals surface area contributed by atoms with Crippen molar-refractivity contribution in [3.05, 3.63) is 23.8 Å². The van der Waals surface area contributed by atoms with Gasteiger partial charge in [0.25, 0.3) is 0 Å². The molecule has 1 aromatic heterocycles. The smallest absolute Gasteiger partial charge is 0.219 e. The van der Waals surface area contributed by atoms with Gasteiger partial charge in [0.2, 0.25) is 5.91 Å². The minimum absolute atomic E-state index is 0.214. The van der Waals surface area contributed by atoms with Crippen molar-refractivity contribution < 1.29 is 4.79 Å². The van der Waals surface area contributed by atoms with Crippen LogP contribution in [0.4, 0.5) is 0 Å². The maximum absolute atomic E-state index is 11.3. The van der Waals surface area contributed by atoms with Crippen molar-refractivity contribution in [3.63, 3.8) is 0 Å². The average Bonchev–Trinajstić information content (AvgIpc) is 2.54. The van der Waals surface area contributed by atoms with Crippen LogP contribution in [0.3, 0.4) is 0 Å². The van der Waals surface area contributed by atoms with E-state index in [1.54, 1.807) is 6.92 Å². The molecule has 0 radical (unpaired) electrons. The fourth-order valence-electron chi connectivity index (χ4n) is 3.12. The molecule has 22 heavy (non-hydrogen) atoms. The van der Waals surface area contributed by atoms with Crippen LogP contribution in [-0.2, 0) is 17.6 Å². The van der Waals surface area contributed by atoms with Crippen LogP contribution in [0, 0.1) is 5.92 Å². The number of piperidine rings is 1. The summed E-state index contributed by atoms with van der Waals surface area (Å²) >= 11 is 0. The Morgan fingerprint density at radius 2 is 2.05 bits per heavy atom. The molecule has 0 N–H and O–H groups in total. The number of amides is 1. The third-order valence-electron chi connectivity index (χ3n) is 4.64. The second-order valence-electron chi connectivity index (χ2n) is 6.41. The van der Waals surface area contributed by atoms with Gasteiger partial charge in [0.05, 0.1) is 0 Å². The van der Waals surface area contributed by atoms with E-state index in [9.17, 15) is 4.79 Å². The molecule has 2 rings (SSSR count). The van der Waals surface area contributed by atoms with Gasteiger partial charge in [-0.2, -0.15) is 0 Å². The Morgan fingerprint density at radius 1 is 1.27 bits per heavy atom. The molecule has 0 bridgehead atoms. The summed E-state index contributed by atoms with van der Waals surface area (Å²) < 4.78 is 0. The molecule has 0 aliphatic carbocycles. The van der Waals surface area contributed by atoms with E-state index >= 15 is 0 Å². The highest BCUT2D eigenvalue weighted by molar-refractivity contribution is 5.73. The minimum Gasteiger partial charge on any atom is -0.343 e. The molecule has 0 aromatic carbocycles. The summed E-state index contributed by atoms with van der Waals surface area (Å²) in [5, 5.41) is 0. The van der Waals surface area contributed by atoms with Crippen LogP contribution in [0.2, 0.25) is 0 Å². The first-order chi connectivity index (χ1) is 10.7. The van der Waals surface area contributed by atoms with Crippen LogP contribution in [0.5, 0.6) is 0 Å². The molecule has 0 saturated carbocycles. The third kappa shape index (κ3) is 5.39. The molecule has 1 aliphatic rings. The quantitative estimate of drug-likeness (QED) is 0.725. The van der Waals surface area contributed by atoms with Gasteiger partial charge in [-0.15, -0.1) is 0 Å². The Labute approximate surface area is 134 Å². The second-order valence-corrected chi connectivity index (χ2v) is 6.41. The molecule has 122 valence electrons. The molecule has 2 heterocycles. The van der Waals surface area contributed by atoms with Gasteiger partial charge in [0, 0.05) is 38.3 Å². The van der Waals surface area contributed by atoms with Crippen LogP contribution in [-0.4, -0.2) is 33.9 Å². The van der Waals surface area contributed by atoms with E-state index in [1.165, 1.54) is 31.4 Å². The van der Waals surface area contributed by atoms with Crippen molar-refractivity contribution in [1.82, 2.24) is 14.9 Å². The van der Waals surface area contributed by atoms with Gasteiger partial charge in [-0.25, -0.2) is 9.97 Å². The van der Waals surface area contributed by atoms with E-state index in [1.807, 2.05) is 17.2 Å². The van der Waals surface area contributed by atoms with Crippen LogP contribution < -0.4 is 0 Å². The number of carbonyl (C=O) groups is 1. The largest absolute Gasteiger partial charge is 0.343 e. The summed E-state index contributed by atoms with van der Waals surface area (Å²) in [5.74, 6) is 1.94. The molecule has 4 nitrogen and oxygen atoms in total. The van der Waals surface area contributed by atoms with E-state index < -0.39 is 0 Å². The number of nitrogens with zero attached hydrogens (tertiary/aromatic N) is 3. The Kier molecular flexibility index (Phi) is 6.81. The molecule has 1 aromatic rings. The molecular weight excluding hydrogens is 274 g/mol. The summed E-state index contributed by atoms with van der Waals surface area (Å²) in [5.41, 5.74) is 1.18. The van der Waals surface area contributed by atoms with Crippen molar-refractivity contribution in [1.29, 1.82) is 0 Å². The van der Waals surface area contributed by atoms with Crippen LogP contribution in [0.1, 0.15) is 63.9 Å². The summed E-state index contributed by atoms with van der Waals surface area (Å²) in [4.78, 5) is 22.4. The van der Waals surface area contributed by atoms with E-state index in [4.69, 9.17) is 4.98 Å². The van der Waals surface area contributed by atoms with Crippen molar-refractivity contribution in [2.75, 3.05) is 13.1 Å². The van der Waals surface area contributed by atoms with Gasteiger partial charge < -0.3 is 4.90 Å². The standard InChI is InChI=1S/C18H29N3O/c1-3-4-5-6-18-19-12-9-17(20-18)8-7-16-10-13-21(14-11-16)15(2)22/h9,12,16H,3-8,10-11,13-14H2,1-2H3. The van der Waals surface area contributed by atoms with Gasteiger partial charge in [0.1, 0.15) is 5.82 Å². The van der Waals surface area contributed by atoms with Gasteiger partial charge in [-0.05, 0) is 44.1 Å². The predicted octanol–water partition coefficient (Wildman–Crippen LogP) is 3.40. The van der Waals surface area contributed by atoms with Crippen molar-refractivity contribution in [3.8, 4) is 0 Å². The number of aromatic nitrogens is 2. The Bertz CT molecular complexity index is 467. The number of rotatable bonds is 7. The fraction of sp³-hybridized carbons (Fsp3) is 0.722. The zero-order chi connectivity index (χ0) is 15.8. The Hall–Kier alpha value is -1.45. The lowest BCUT2D eigenvalue weighted by Crippen LogP contribution is -2.37. The lowest BCUT2D eigenvalue weighted by atomic mass is 9.91.